The van der Waals surface area contributed by atoms with Crippen LogP contribution in [0.25, 0.3) is 0 Å². The van der Waals surface area contributed by atoms with E-state index in [1.54, 1.807) is 0 Å². The maximum atomic E-state index is 12.2. The average Bonchev–Trinajstić information content (AvgIpc) is 2.59. The van der Waals surface area contributed by atoms with E-state index in [-0.39, 0.29) is 36.8 Å². The topological polar surface area (TPSA) is 75.4 Å². The predicted octanol–water partition coefficient (Wildman–Crippen LogP) is 2.05. The van der Waals surface area contributed by atoms with Crippen molar-refractivity contribution < 1.29 is 9.59 Å². The number of halogens is 1. The molecule has 1 fully saturated rings. The molecule has 1 unspecified atom stereocenters. The summed E-state index contributed by atoms with van der Waals surface area (Å²) in [5, 5.41) is 2.74. The maximum absolute atomic E-state index is 12.2. The fourth-order valence-corrected chi connectivity index (χ4v) is 3.06. The van der Waals surface area contributed by atoms with Crippen LogP contribution in [0.4, 0.5) is 0 Å². The summed E-state index contributed by atoms with van der Waals surface area (Å²) in [6, 6.07) is 8.35. The molecule has 0 bridgehead atoms. The molecule has 1 atom stereocenters. The minimum atomic E-state index is -0.0746. The van der Waals surface area contributed by atoms with Gasteiger partial charge in [-0.3, -0.25) is 9.59 Å². The number of hydrogen-bond acceptors (Lipinski definition) is 3. The molecule has 1 aromatic carbocycles. The Labute approximate surface area is 156 Å². The van der Waals surface area contributed by atoms with Crippen molar-refractivity contribution in [2.45, 2.75) is 45.6 Å². The second kappa shape index (κ2) is 10.4. The lowest BCUT2D eigenvalue weighted by Crippen LogP contribution is -2.46. The Bertz CT molecular complexity index is 552. The van der Waals surface area contributed by atoms with E-state index in [1.807, 2.05) is 43.0 Å². The van der Waals surface area contributed by atoms with Gasteiger partial charge in [-0.1, -0.05) is 29.8 Å². The quantitative estimate of drug-likeness (QED) is 0.808. The van der Waals surface area contributed by atoms with Gasteiger partial charge >= 0.3 is 0 Å². The van der Waals surface area contributed by atoms with Crippen LogP contribution < -0.4 is 11.1 Å². The third-order valence-electron chi connectivity index (χ3n) is 4.83. The van der Waals surface area contributed by atoms with E-state index in [1.165, 1.54) is 5.56 Å². The number of nitrogens with zero attached hydrogens (tertiary/aromatic N) is 1. The minimum Gasteiger partial charge on any atom is -0.347 e. The number of likely N-dealkylation sites (tertiary alicyclic amines) is 1. The van der Waals surface area contributed by atoms with Crippen LogP contribution in [0.15, 0.2) is 24.3 Å². The summed E-state index contributed by atoms with van der Waals surface area (Å²) in [4.78, 5) is 25.9. The molecule has 2 rings (SSSR count). The molecule has 1 aromatic rings. The summed E-state index contributed by atoms with van der Waals surface area (Å²) >= 11 is 0. The lowest BCUT2D eigenvalue weighted by atomic mass is 9.91. The Kier molecular flexibility index (Phi) is 8.93. The zero-order valence-corrected chi connectivity index (χ0v) is 16.0. The zero-order chi connectivity index (χ0) is 17.5. The Morgan fingerprint density at radius 3 is 2.40 bits per heavy atom. The number of amides is 2. The third kappa shape index (κ3) is 7.04. The lowest BCUT2D eigenvalue weighted by molar-refractivity contribution is -0.134. The smallest absolute Gasteiger partial charge is 0.241 e. The summed E-state index contributed by atoms with van der Waals surface area (Å²) in [7, 11) is 0. The van der Waals surface area contributed by atoms with Gasteiger partial charge in [0.2, 0.25) is 11.8 Å². The fourth-order valence-electron chi connectivity index (χ4n) is 3.06. The molecule has 1 aliphatic rings. The van der Waals surface area contributed by atoms with Crippen molar-refractivity contribution in [2.24, 2.45) is 11.7 Å². The van der Waals surface area contributed by atoms with Crippen molar-refractivity contribution >= 4 is 24.2 Å². The molecule has 25 heavy (non-hydrogen) atoms. The van der Waals surface area contributed by atoms with Crippen LogP contribution in [-0.4, -0.2) is 42.4 Å². The first-order valence-electron chi connectivity index (χ1n) is 8.81. The number of hydrogen-bond donors (Lipinski definition) is 2. The fraction of sp³-hybridized carbons (Fsp3) is 0.579. The molecule has 5 nitrogen and oxygen atoms in total. The minimum absolute atomic E-state index is 0. The highest BCUT2D eigenvalue weighted by atomic mass is 35.5. The molecule has 6 heteroatoms. The molecular formula is C19H30ClN3O2. The Morgan fingerprint density at radius 1 is 1.24 bits per heavy atom. The number of nitrogens with one attached hydrogen (secondary N) is 1. The Morgan fingerprint density at radius 2 is 1.84 bits per heavy atom. The van der Waals surface area contributed by atoms with E-state index in [0.29, 0.717) is 18.8 Å². The van der Waals surface area contributed by atoms with E-state index in [0.717, 1.165) is 31.5 Å². The van der Waals surface area contributed by atoms with Crippen LogP contribution in [-0.2, 0) is 16.0 Å². The van der Waals surface area contributed by atoms with Crippen LogP contribution in [0, 0.1) is 12.8 Å². The molecule has 0 spiro atoms. The summed E-state index contributed by atoms with van der Waals surface area (Å²) in [5.74, 6) is 0.425. The number of carbonyl (C=O) groups excluding carboxylic acids is 2. The monoisotopic (exact) mass is 367 g/mol. The van der Waals surface area contributed by atoms with Gasteiger partial charge in [0.25, 0.3) is 0 Å². The summed E-state index contributed by atoms with van der Waals surface area (Å²) in [6.45, 7) is 5.64. The second-order valence-corrected chi connectivity index (χ2v) is 6.84. The maximum Gasteiger partial charge on any atom is 0.241 e. The Balaban J connectivity index is 0.00000312. The lowest BCUT2D eigenvalue weighted by Gasteiger charge is -2.33. The highest BCUT2D eigenvalue weighted by Gasteiger charge is 2.24. The molecule has 2 amide bonds. The molecule has 0 aliphatic carbocycles. The second-order valence-electron chi connectivity index (χ2n) is 6.84. The first kappa shape index (κ1) is 21.5. The first-order valence-corrected chi connectivity index (χ1v) is 8.81. The van der Waals surface area contributed by atoms with E-state index in [4.69, 9.17) is 5.73 Å². The number of carbonyl (C=O) groups is 2. The van der Waals surface area contributed by atoms with E-state index in [9.17, 15) is 9.59 Å². The van der Waals surface area contributed by atoms with Gasteiger partial charge in [0.15, 0.2) is 0 Å². The van der Waals surface area contributed by atoms with Crippen molar-refractivity contribution in [3.63, 3.8) is 0 Å². The van der Waals surface area contributed by atoms with Gasteiger partial charge in [-0.25, -0.2) is 0 Å². The molecule has 140 valence electrons. The SMILES string of the molecule is Cc1ccc(CCC(=O)NCC(=O)N2CCC(C(C)N)CC2)cc1.Cl. The van der Waals surface area contributed by atoms with Crippen LogP contribution in [0.2, 0.25) is 0 Å². The predicted molar refractivity (Wildman–Crippen MR) is 103 cm³/mol. The van der Waals surface area contributed by atoms with Gasteiger partial charge in [0.05, 0.1) is 6.54 Å². The first-order chi connectivity index (χ1) is 11.5. The molecule has 1 heterocycles. The summed E-state index contributed by atoms with van der Waals surface area (Å²) < 4.78 is 0. The van der Waals surface area contributed by atoms with Gasteiger partial charge in [-0.15, -0.1) is 12.4 Å². The number of nitrogens with two attached hydrogens (primary N) is 1. The van der Waals surface area contributed by atoms with E-state index in [2.05, 4.69) is 5.32 Å². The van der Waals surface area contributed by atoms with Crippen molar-refractivity contribution in [1.29, 1.82) is 0 Å². The molecule has 0 radical (unpaired) electrons. The van der Waals surface area contributed by atoms with E-state index >= 15 is 0 Å². The van der Waals surface area contributed by atoms with Crippen molar-refractivity contribution in [2.75, 3.05) is 19.6 Å². The van der Waals surface area contributed by atoms with Crippen molar-refractivity contribution in [3.8, 4) is 0 Å². The average molecular weight is 368 g/mol. The number of benzene rings is 1. The standard InChI is InChI=1S/C19H29N3O2.ClH/c1-14-3-5-16(6-4-14)7-8-18(23)21-13-19(24)22-11-9-17(10-12-22)15(2)20;/h3-6,15,17H,7-13,20H2,1-2H3,(H,21,23);1H. The highest BCUT2D eigenvalue weighted by Crippen LogP contribution is 2.19. The van der Waals surface area contributed by atoms with Crippen LogP contribution in [0.1, 0.15) is 37.3 Å². The largest absolute Gasteiger partial charge is 0.347 e. The molecule has 0 aromatic heterocycles. The highest BCUT2D eigenvalue weighted by molar-refractivity contribution is 5.85. The summed E-state index contributed by atoms with van der Waals surface area (Å²) in [5.41, 5.74) is 8.26. The van der Waals surface area contributed by atoms with Gasteiger partial charge < -0.3 is 16.0 Å². The van der Waals surface area contributed by atoms with Gasteiger partial charge in [0.1, 0.15) is 0 Å². The van der Waals surface area contributed by atoms with Gasteiger partial charge in [-0.2, -0.15) is 0 Å². The summed E-state index contributed by atoms with van der Waals surface area (Å²) in [6.07, 6.45) is 3.00. The molecular weight excluding hydrogens is 338 g/mol. The van der Waals surface area contributed by atoms with Crippen molar-refractivity contribution in [1.82, 2.24) is 10.2 Å². The number of rotatable bonds is 6. The van der Waals surface area contributed by atoms with E-state index < -0.39 is 0 Å². The third-order valence-corrected chi connectivity index (χ3v) is 4.83. The molecule has 1 saturated heterocycles. The molecule has 3 N–H and O–H groups in total. The number of aryl methyl sites for hydroxylation is 2. The zero-order valence-electron chi connectivity index (χ0n) is 15.2. The van der Waals surface area contributed by atoms with Gasteiger partial charge in [-0.05, 0) is 44.6 Å². The molecule has 0 saturated carbocycles. The van der Waals surface area contributed by atoms with Crippen molar-refractivity contribution in [3.05, 3.63) is 35.4 Å². The van der Waals surface area contributed by atoms with Gasteiger partial charge in [0, 0.05) is 25.6 Å². The molecule has 1 aliphatic heterocycles. The van der Waals surface area contributed by atoms with Crippen LogP contribution >= 0.6 is 12.4 Å². The Hall–Kier alpha value is -1.59. The van der Waals surface area contributed by atoms with Crippen LogP contribution in [0.3, 0.4) is 0 Å². The van der Waals surface area contributed by atoms with Crippen LogP contribution in [0.5, 0.6) is 0 Å². The normalized spacial score (nSPS) is 16.0. The number of piperidine rings is 1.